The average molecular weight is 300 g/mol. The van der Waals surface area contributed by atoms with Crippen molar-refractivity contribution < 1.29 is 5.11 Å². The second-order valence-corrected chi connectivity index (χ2v) is 8.21. The molecule has 2 atom stereocenters. The zero-order chi connectivity index (χ0) is 13.0. The lowest BCUT2D eigenvalue weighted by Crippen LogP contribution is -2.57. The SMILES string of the molecule is CC(C(O)C12CC3CC(CC(C3)C1)C2)N1CCCC1.Cl. The summed E-state index contributed by atoms with van der Waals surface area (Å²) in [6.07, 6.45) is 11.0. The van der Waals surface area contributed by atoms with Gasteiger partial charge in [0.05, 0.1) is 6.10 Å². The lowest BCUT2D eigenvalue weighted by molar-refractivity contribution is -0.139. The Bertz CT molecular complexity index is 318. The molecule has 5 aliphatic rings. The van der Waals surface area contributed by atoms with E-state index in [4.69, 9.17) is 0 Å². The molecule has 2 nitrogen and oxygen atoms in total. The molecule has 3 heteroatoms. The van der Waals surface area contributed by atoms with Crippen LogP contribution in [0.3, 0.4) is 0 Å². The molecule has 0 amide bonds. The minimum atomic E-state index is -0.0704. The molecule has 1 saturated heterocycles. The van der Waals surface area contributed by atoms with Crippen LogP contribution in [0.2, 0.25) is 0 Å². The predicted octanol–water partition coefficient (Wildman–Crippen LogP) is 3.47. The molecule has 4 aliphatic carbocycles. The number of aliphatic hydroxyl groups is 1. The number of nitrogens with zero attached hydrogens (tertiary/aromatic N) is 1. The highest BCUT2D eigenvalue weighted by Gasteiger charge is 2.55. The highest BCUT2D eigenvalue weighted by molar-refractivity contribution is 5.85. The third-order valence-electron chi connectivity index (χ3n) is 6.89. The Morgan fingerprint density at radius 3 is 1.85 bits per heavy atom. The molecule has 0 radical (unpaired) electrons. The van der Waals surface area contributed by atoms with Gasteiger partial charge in [-0.05, 0) is 94.5 Å². The second-order valence-electron chi connectivity index (χ2n) is 8.21. The molecule has 4 bridgehead atoms. The van der Waals surface area contributed by atoms with Gasteiger partial charge in [-0.1, -0.05) is 0 Å². The van der Waals surface area contributed by atoms with Crippen molar-refractivity contribution in [1.29, 1.82) is 0 Å². The number of likely N-dealkylation sites (tertiary alicyclic amines) is 1. The second kappa shape index (κ2) is 5.44. The van der Waals surface area contributed by atoms with Crippen molar-refractivity contribution >= 4 is 12.4 Å². The first-order valence-electron chi connectivity index (χ1n) is 8.58. The summed E-state index contributed by atoms with van der Waals surface area (Å²) in [6.45, 7) is 4.71. The molecule has 5 fully saturated rings. The summed E-state index contributed by atoms with van der Waals surface area (Å²) in [5, 5.41) is 11.1. The Labute approximate surface area is 129 Å². The monoisotopic (exact) mass is 299 g/mol. The van der Waals surface area contributed by atoms with E-state index < -0.39 is 0 Å². The molecule has 20 heavy (non-hydrogen) atoms. The van der Waals surface area contributed by atoms with Crippen LogP contribution in [0.25, 0.3) is 0 Å². The van der Waals surface area contributed by atoms with Crippen LogP contribution in [-0.4, -0.2) is 35.2 Å². The highest BCUT2D eigenvalue weighted by Crippen LogP contribution is 2.61. The van der Waals surface area contributed by atoms with Gasteiger partial charge in [-0.15, -0.1) is 12.4 Å². The first-order chi connectivity index (χ1) is 9.16. The van der Waals surface area contributed by atoms with Crippen LogP contribution < -0.4 is 0 Å². The van der Waals surface area contributed by atoms with E-state index in [2.05, 4.69) is 11.8 Å². The molecule has 0 aromatic heterocycles. The van der Waals surface area contributed by atoms with E-state index in [-0.39, 0.29) is 18.5 Å². The Hall–Kier alpha value is 0.210. The van der Waals surface area contributed by atoms with Gasteiger partial charge >= 0.3 is 0 Å². The van der Waals surface area contributed by atoms with Gasteiger partial charge < -0.3 is 5.11 Å². The molecule has 0 spiro atoms. The minimum Gasteiger partial charge on any atom is -0.391 e. The first kappa shape index (κ1) is 15.1. The van der Waals surface area contributed by atoms with Gasteiger partial charge in [0, 0.05) is 6.04 Å². The van der Waals surface area contributed by atoms with Crippen LogP contribution in [0.1, 0.15) is 58.3 Å². The van der Waals surface area contributed by atoms with Crippen molar-refractivity contribution in [3.05, 3.63) is 0 Å². The van der Waals surface area contributed by atoms with Gasteiger partial charge in [-0.2, -0.15) is 0 Å². The fraction of sp³-hybridized carbons (Fsp3) is 1.00. The standard InChI is InChI=1S/C17H29NO.ClH/c1-12(18-4-2-3-5-18)16(19)17-9-13-6-14(10-17)8-15(7-13)11-17;/h12-16,19H,2-11H2,1H3;1H. The summed E-state index contributed by atoms with van der Waals surface area (Å²) >= 11 is 0. The highest BCUT2D eigenvalue weighted by atomic mass is 35.5. The van der Waals surface area contributed by atoms with Gasteiger partial charge in [0.1, 0.15) is 0 Å². The molecule has 1 N–H and O–H groups in total. The minimum absolute atomic E-state index is 0. The third kappa shape index (κ3) is 2.32. The van der Waals surface area contributed by atoms with Crippen LogP contribution in [0, 0.1) is 23.2 Å². The summed E-state index contributed by atoms with van der Waals surface area (Å²) in [5.74, 6) is 2.85. The normalized spacial score (nSPS) is 46.2. The van der Waals surface area contributed by atoms with E-state index in [1.54, 1.807) is 0 Å². The number of hydrogen-bond acceptors (Lipinski definition) is 2. The lowest BCUT2D eigenvalue weighted by atomic mass is 9.47. The maximum atomic E-state index is 11.1. The molecule has 1 heterocycles. The topological polar surface area (TPSA) is 23.5 Å². The van der Waals surface area contributed by atoms with E-state index in [0.717, 1.165) is 17.8 Å². The maximum absolute atomic E-state index is 11.1. The van der Waals surface area contributed by atoms with E-state index in [9.17, 15) is 5.11 Å². The Balaban J connectivity index is 0.00000121. The molecule has 0 aromatic carbocycles. The van der Waals surface area contributed by atoms with Crippen LogP contribution in [-0.2, 0) is 0 Å². The molecule has 5 rings (SSSR count). The molecular weight excluding hydrogens is 270 g/mol. The van der Waals surface area contributed by atoms with Crippen molar-refractivity contribution in [2.24, 2.45) is 23.2 Å². The van der Waals surface area contributed by atoms with E-state index in [1.807, 2.05) is 0 Å². The van der Waals surface area contributed by atoms with Crippen LogP contribution in [0.5, 0.6) is 0 Å². The quantitative estimate of drug-likeness (QED) is 0.862. The Kier molecular flexibility index (Phi) is 4.11. The predicted molar refractivity (Wildman–Crippen MR) is 84.1 cm³/mol. The van der Waals surface area contributed by atoms with E-state index in [1.165, 1.54) is 64.5 Å². The molecular formula is C17H30ClNO. The molecule has 1 aliphatic heterocycles. The van der Waals surface area contributed by atoms with Gasteiger partial charge in [0.15, 0.2) is 0 Å². The maximum Gasteiger partial charge on any atom is 0.0749 e. The van der Waals surface area contributed by atoms with Crippen molar-refractivity contribution in [1.82, 2.24) is 4.90 Å². The van der Waals surface area contributed by atoms with Gasteiger partial charge in [-0.25, -0.2) is 0 Å². The molecule has 4 saturated carbocycles. The summed E-state index contributed by atoms with van der Waals surface area (Å²) in [7, 11) is 0. The zero-order valence-corrected chi connectivity index (χ0v) is 13.6. The smallest absolute Gasteiger partial charge is 0.0749 e. The van der Waals surface area contributed by atoms with Crippen molar-refractivity contribution in [3.8, 4) is 0 Å². The van der Waals surface area contributed by atoms with Crippen molar-refractivity contribution in [2.75, 3.05) is 13.1 Å². The molecule has 0 aromatic rings. The fourth-order valence-electron chi connectivity index (χ4n) is 6.40. The molecule has 116 valence electrons. The van der Waals surface area contributed by atoms with Crippen LogP contribution >= 0.6 is 12.4 Å². The van der Waals surface area contributed by atoms with Gasteiger partial charge in [-0.3, -0.25) is 4.90 Å². The largest absolute Gasteiger partial charge is 0.391 e. The molecule has 2 unspecified atom stereocenters. The summed E-state index contributed by atoms with van der Waals surface area (Å²) in [4.78, 5) is 2.54. The van der Waals surface area contributed by atoms with Crippen molar-refractivity contribution in [3.63, 3.8) is 0 Å². The summed E-state index contributed by atoms with van der Waals surface area (Å²) in [5.41, 5.74) is 0.302. The van der Waals surface area contributed by atoms with E-state index >= 15 is 0 Å². The van der Waals surface area contributed by atoms with Crippen molar-refractivity contribution in [2.45, 2.75) is 70.4 Å². The Morgan fingerprint density at radius 2 is 1.40 bits per heavy atom. The van der Waals surface area contributed by atoms with Crippen LogP contribution in [0.4, 0.5) is 0 Å². The fourth-order valence-corrected chi connectivity index (χ4v) is 6.40. The third-order valence-corrected chi connectivity index (χ3v) is 6.89. The average Bonchev–Trinajstić information content (AvgIpc) is 2.89. The summed E-state index contributed by atoms with van der Waals surface area (Å²) < 4.78 is 0. The number of rotatable bonds is 3. The van der Waals surface area contributed by atoms with Gasteiger partial charge in [0.25, 0.3) is 0 Å². The number of halogens is 1. The zero-order valence-electron chi connectivity index (χ0n) is 12.8. The van der Waals surface area contributed by atoms with Gasteiger partial charge in [0.2, 0.25) is 0 Å². The van der Waals surface area contributed by atoms with Crippen LogP contribution in [0.15, 0.2) is 0 Å². The van der Waals surface area contributed by atoms with E-state index in [0.29, 0.717) is 11.5 Å². The Morgan fingerprint density at radius 1 is 0.950 bits per heavy atom. The summed E-state index contributed by atoms with van der Waals surface area (Å²) in [6, 6.07) is 0.388. The first-order valence-corrected chi connectivity index (χ1v) is 8.58. The lowest BCUT2D eigenvalue weighted by Gasteiger charge is -2.59. The number of hydrogen-bond donors (Lipinski definition) is 1. The number of aliphatic hydroxyl groups excluding tert-OH is 1.